The third-order valence-electron chi connectivity index (χ3n) is 2.38. The number of nitrogens with zero attached hydrogens (tertiary/aromatic N) is 1. The largest absolute Gasteiger partial charge is 1.00 e. The first-order valence-electron chi connectivity index (χ1n) is 5.45. The van der Waals surface area contributed by atoms with Crippen molar-refractivity contribution in [2.24, 2.45) is 0 Å². The molecule has 1 aromatic heterocycles. The van der Waals surface area contributed by atoms with E-state index in [0.29, 0.717) is 5.02 Å². The molecule has 2 aromatic rings. The van der Waals surface area contributed by atoms with Crippen molar-refractivity contribution in [2.45, 2.75) is 6.92 Å². The normalized spacial score (nSPS) is 9.37. The van der Waals surface area contributed by atoms with E-state index in [-0.39, 0.29) is 18.4 Å². The summed E-state index contributed by atoms with van der Waals surface area (Å²) < 4.78 is 1.57. The smallest absolute Gasteiger partial charge is 0.372 e. The third-order valence-corrected chi connectivity index (χ3v) is 2.62. The number of rotatable bonds is 2. The van der Waals surface area contributed by atoms with Gasteiger partial charge in [-0.25, -0.2) is 4.79 Å². The van der Waals surface area contributed by atoms with Crippen LogP contribution in [0.15, 0.2) is 48.8 Å². The number of aromatic nitrogens is 1. The molecular weight excluding hydrogens is 285 g/mol. The quantitative estimate of drug-likeness (QED) is 0.736. The van der Waals surface area contributed by atoms with Gasteiger partial charge in [-0.15, -0.1) is 5.43 Å². The second kappa shape index (κ2) is 6.97. The molecule has 0 unspecified atom stereocenters. The van der Waals surface area contributed by atoms with E-state index in [9.17, 15) is 4.79 Å². The summed E-state index contributed by atoms with van der Waals surface area (Å²) >= 11 is 5.85. The van der Waals surface area contributed by atoms with Gasteiger partial charge in [0.1, 0.15) is 0 Å². The molecule has 2 rings (SSSR count). The van der Waals surface area contributed by atoms with Crippen LogP contribution < -0.4 is 27.8 Å². The molecule has 0 aliphatic heterocycles. The van der Waals surface area contributed by atoms with Gasteiger partial charge in [0.05, 0.1) is 0 Å². The summed E-state index contributed by atoms with van der Waals surface area (Å²) in [7, 11) is 0. The number of hydrogen-bond acceptors (Lipinski definition) is 1. The summed E-state index contributed by atoms with van der Waals surface area (Å²) in [5.41, 5.74) is 4.31. The number of halogens is 2. The first kappa shape index (κ1) is 15.3. The molecule has 0 spiro atoms. The number of carbonyl (C=O) groups is 1. The lowest BCUT2D eigenvalue weighted by Crippen LogP contribution is -3.00. The highest BCUT2D eigenvalue weighted by Crippen LogP contribution is 2.19. The fourth-order valence-electron chi connectivity index (χ4n) is 1.51. The summed E-state index contributed by atoms with van der Waals surface area (Å²) in [5, 5.41) is 3.41. The molecule has 0 saturated carbocycles. The van der Waals surface area contributed by atoms with Gasteiger partial charge < -0.3 is 17.7 Å². The van der Waals surface area contributed by atoms with E-state index in [4.69, 9.17) is 11.6 Å². The molecule has 0 aliphatic rings. The Labute approximate surface area is 122 Å². The Kier molecular flexibility index (Phi) is 5.60. The lowest BCUT2D eigenvalue weighted by Gasteiger charge is -2.07. The third kappa shape index (κ3) is 4.43. The van der Waals surface area contributed by atoms with E-state index in [1.165, 1.54) is 0 Å². The van der Waals surface area contributed by atoms with Crippen molar-refractivity contribution in [3.8, 4) is 0 Å². The van der Waals surface area contributed by atoms with Crippen LogP contribution in [-0.2, 0) is 0 Å². The van der Waals surface area contributed by atoms with Crippen molar-refractivity contribution in [3.63, 3.8) is 0 Å². The molecule has 100 valence electrons. The van der Waals surface area contributed by atoms with E-state index >= 15 is 0 Å². The fraction of sp³-hybridized carbons (Fsp3) is 0.0769. The van der Waals surface area contributed by atoms with E-state index in [0.717, 1.165) is 11.3 Å². The van der Waals surface area contributed by atoms with Crippen molar-refractivity contribution in [1.29, 1.82) is 0 Å². The van der Waals surface area contributed by atoms with Crippen LogP contribution in [0.4, 0.5) is 10.5 Å². The van der Waals surface area contributed by atoms with E-state index in [1.807, 2.05) is 25.1 Å². The Morgan fingerprint density at radius 3 is 2.53 bits per heavy atom. The molecule has 2 amide bonds. The first-order valence-corrected chi connectivity index (χ1v) is 5.83. The van der Waals surface area contributed by atoms with Crippen molar-refractivity contribution < 1.29 is 21.9 Å². The highest BCUT2D eigenvalue weighted by Gasteiger charge is 2.08. The van der Waals surface area contributed by atoms with Crippen LogP contribution in [0.25, 0.3) is 0 Å². The standard InChI is InChI=1S/C13H12ClN3O.ClH/c1-10-9-11(14)5-6-12(10)15-13(18)16-17-7-3-2-4-8-17;/h2-9H,1H3,(H-,15,16,18);1H. The predicted molar refractivity (Wildman–Crippen MR) is 71.2 cm³/mol. The number of amides is 2. The molecule has 0 saturated heterocycles. The highest BCUT2D eigenvalue weighted by atomic mass is 35.5. The molecule has 0 radical (unpaired) electrons. The topological polar surface area (TPSA) is 45.0 Å². The molecule has 19 heavy (non-hydrogen) atoms. The Morgan fingerprint density at radius 1 is 1.21 bits per heavy atom. The summed E-state index contributed by atoms with van der Waals surface area (Å²) in [6, 6.07) is 10.5. The number of anilines is 1. The average Bonchev–Trinajstić information content (AvgIpc) is 2.34. The SMILES string of the molecule is Cc1cc(Cl)ccc1NC(=O)N[n+]1ccccc1.[Cl-]. The molecule has 0 atom stereocenters. The molecule has 1 heterocycles. The Balaban J connectivity index is 0.00000180. The zero-order valence-electron chi connectivity index (χ0n) is 10.2. The molecule has 2 N–H and O–H groups in total. The minimum absolute atomic E-state index is 0. The Bertz CT molecular complexity index is 561. The number of pyridine rings is 1. The maximum absolute atomic E-state index is 11.7. The van der Waals surface area contributed by atoms with Crippen LogP contribution in [0, 0.1) is 6.92 Å². The number of nitrogens with one attached hydrogen (secondary N) is 2. The highest BCUT2D eigenvalue weighted by molar-refractivity contribution is 6.30. The van der Waals surface area contributed by atoms with E-state index in [2.05, 4.69) is 10.7 Å². The Morgan fingerprint density at radius 2 is 1.89 bits per heavy atom. The van der Waals surface area contributed by atoms with Crippen molar-refractivity contribution in [3.05, 3.63) is 59.4 Å². The van der Waals surface area contributed by atoms with E-state index in [1.54, 1.807) is 35.3 Å². The molecular formula is C13H13Cl2N3O. The summed E-state index contributed by atoms with van der Waals surface area (Å²) in [6.45, 7) is 1.89. The second-order valence-corrected chi connectivity index (χ2v) is 4.24. The fourth-order valence-corrected chi connectivity index (χ4v) is 1.73. The van der Waals surface area contributed by atoms with Gasteiger partial charge in [-0.1, -0.05) is 22.3 Å². The van der Waals surface area contributed by atoms with Crippen molar-refractivity contribution in [1.82, 2.24) is 0 Å². The van der Waals surface area contributed by atoms with Gasteiger partial charge in [0.2, 0.25) is 0 Å². The van der Waals surface area contributed by atoms with Gasteiger partial charge in [0, 0.05) is 22.8 Å². The molecule has 0 aliphatic carbocycles. The zero-order valence-corrected chi connectivity index (χ0v) is 11.7. The number of hydrogen-bond donors (Lipinski definition) is 2. The number of carbonyl (C=O) groups excluding carboxylic acids is 1. The molecule has 0 bridgehead atoms. The van der Waals surface area contributed by atoms with Crippen LogP contribution in [0.3, 0.4) is 0 Å². The maximum Gasteiger partial charge on any atom is 0.372 e. The van der Waals surface area contributed by atoms with Crippen LogP contribution >= 0.6 is 11.6 Å². The maximum atomic E-state index is 11.7. The van der Waals surface area contributed by atoms with Crippen LogP contribution in [0.1, 0.15) is 5.56 Å². The first-order chi connectivity index (χ1) is 8.65. The minimum atomic E-state index is -0.309. The summed E-state index contributed by atoms with van der Waals surface area (Å²) in [5.74, 6) is 0. The zero-order chi connectivity index (χ0) is 13.0. The van der Waals surface area contributed by atoms with Gasteiger partial charge in [-0.2, -0.15) is 0 Å². The molecule has 4 nitrogen and oxygen atoms in total. The van der Waals surface area contributed by atoms with Gasteiger partial charge >= 0.3 is 6.03 Å². The number of aryl methyl sites for hydroxylation is 1. The van der Waals surface area contributed by atoms with Gasteiger partial charge in [-0.05, 0) is 30.7 Å². The summed E-state index contributed by atoms with van der Waals surface area (Å²) in [6.07, 6.45) is 3.49. The summed E-state index contributed by atoms with van der Waals surface area (Å²) in [4.78, 5) is 11.7. The van der Waals surface area contributed by atoms with Gasteiger partial charge in [0.15, 0.2) is 12.4 Å². The molecule has 0 fully saturated rings. The van der Waals surface area contributed by atoms with Gasteiger partial charge in [-0.3, -0.25) is 0 Å². The molecule has 6 heteroatoms. The lowest BCUT2D eigenvalue weighted by atomic mass is 10.2. The van der Waals surface area contributed by atoms with Crippen molar-refractivity contribution >= 4 is 23.3 Å². The van der Waals surface area contributed by atoms with Crippen LogP contribution in [0.2, 0.25) is 5.02 Å². The van der Waals surface area contributed by atoms with Gasteiger partial charge in [0.25, 0.3) is 0 Å². The second-order valence-electron chi connectivity index (χ2n) is 3.81. The average molecular weight is 298 g/mol. The van der Waals surface area contributed by atoms with Crippen LogP contribution in [0.5, 0.6) is 0 Å². The van der Waals surface area contributed by atoms with Crippen LogP contribution in [-0.4, -0.2) is 6.03 Å². The number of urea groups is 1. The predicted octanol–water partition coefficient (Wildman–Crippen LogP) is -0.284. The minimum Gasteiger partial charge on any atom is -1.00 e. The van der Waals surface area contributed by atoms with E-state index < -0.39 is 0 Å². The monoisotopic (exact) mass is 297 g/mol. The Hall–Kier alpha value is -1.78. The van der Waals surface area contributed by atoms with Crippen molar-refractivity contribution in [2.75, 3.05) is 10.7 Å². The number of benzene rings is 1. The molecule has 1 aromatic carbocycles. The lowest BCUT2D eigenvalue weighted by molar-refractivity contribution is -0.641.